The zero-order valence-electron chi connectivity index (χ0n) is 16.3. The van der Waals surface area contributed by atoms with Crippen molar-refractivity contribution < 1.29 is 9.21 Å². The second-order valence-electron chi connectivity index (χ2n) is 6.92. The van der Waals surface area contributed by atoms with Crippen LogP contribution in [-0.2, 0) is 11.3 Å². The highest BCUT2D eigenvalue weighted by atomic mass is 32.1. The van der Waals surface area contributed by atoms with Gasteiger partial charge in [-0.3, -0.25) is 19.4 Å². The molecule has 2 aromatic heterocycles. The van der Waals surface area contributed by atoms with Crippen LogP contribution < -0.4 is 5.32 Å². The van der Waals surface area contributed by atoms with Gasteiger partial charge in [0, 0.05) is 25.1 Å². The zero-order chi connectivity index (χ0) is 20.1. The Morgan fingerprint density at radius 2 is 2.18 bits per heavy atom. The molecule has 0 saturated heterocycles. The van der Waals surface area contributed by atoms with Gasteiger partial charge < -0.3 is 9.73 Å². The van der Waals surface area contributed by atoms with Crippen LogP contribution in [0.15, 0.2) is 47.1 Å². The first-order valence-corrected chi connectivity index (χ1v) is 9.55. The van der Waals surface area contributed by atoms with E-state index in [9.17, 15) is 4.79 Å². The van der Waals surface area contributed by atoms with Crippen LogP contribution in [0.3, 0.4) is 0 Å². The maximum Gasteiger partial charge on any atom is 0.221 e. The van der Waals surface area contributed by atoms with Gasteiger partial charge in [0.15, 0.2) is 10.6 Å². The highest BCUT2D eigenvalue weighted by Crippen LogP contribution is 2.19. The molecule has 0 aliphatic carbocycles. The molecule has 2 heterocycles. The number of H-pyrrole nitrogens is 1. The summed E-state index contributed by atoms with van der Waals surface area (Å²) >= 11 is 5.35. The summed E-state index contributed by atoms with van der Waals surface area (Å²) in [6.07, 6.45) is 1.95. The van der Waals surface area contributed by atoms with E-state index < -0.39 is 0 Å². The highest BCUT2D eigenvalue weighted by molar-refractivity contribution is 7.71. The lowest BCUT2D eigenvalue weighted by Gasteiger charge is -2.22. The number of nitrogens with zero attached hydrogens (tertiary/aromatic N) is 3. The molecule has 3 rings (SSSR count). The maximum absolute atomic E-state index is 12.4. The SMILES string of the molecule is Cc1cccc(-c2n[nH]c(=S)n2CCC(=O)NCC(c2ccco2)N(C)C)c1. The van der Waals surface area contributed by atoms with Crippen LogP contribution in [0.1, 0.15) is 23.8 Å². The molecular weight excluding hydrogens is 374 g/mol. The molecular formula is C20H25N5O2S. The van der Waals surface area contributed by atoms with Gasteiger partial charge in [-0.1, -0.05) is 23.8 Å². The number of carbonyl (C=O) groups excluding carboxylic acids is 1. The van der Waals surface area contributed by atoms with Crippen LogP contribution in [0.2, 0.25) is 0 Å². The van der Waals surface area contributed by atoms with E-state index in [-0.39, 0.29) is 11.9 Å². The summed E-state index contributed by atoms with van der Waals surface area (Å²) in [6, 6.07) is 11.8. The minimum Gasteiger partial charge on any atom is -0.468 e. The summed E-state index contributed by atoms with van der Waals surface area (Å²) in [4.78, 5) is 14.4. The smallest absolute Gasteiger partial charge is 0.221 e. The van der Waals surface area contributed by atoms with E-state index in [0.717, 1.165) is 22.7 Å². The quantitative estimate of drug-likeness (QED) is 0.568. The molecule has 2 N–H and O–H groups in total. The first kappa shape index (κ1) is 20.0. The average molecular weight is 400 g/mol. The predicted molar refractivity (Wildman–Crippen MR) is 110 cm³/mol. The van der Waals surface area contributed by atoms with E-state index in [1.165, 1.54) is 0 Å². The van der Waals surface area contributed by atoms with Crippen LogP contribution in [0, 0.1) is 11.7 Å². The van der Waals surface area contributed by atoms with Crippen molar-refractivity contribution in [1.82, 2.24) is 25.0 Å². The molecule has 7 nitrogen and oxygen atoms in total. The first-order chi connectivity index (χ1) is 13.5. The molecule has 1 aromatic carbocycles. The lowest BCUT2D eigenvalue weighted by molar-refractivity contribution is -0.121. The van der Waals surface area contributed by atoms with Crippen molar-refractivity contribution in [3.63, 3.8) is 0 Å². The molecule has 1 amide bonds. The topological polar surface area (TPSA) is 79.1 Å². The second kappa shape index (κ2) is 8.99. The van der Waals surface area contributed by atoms with E-state index >= 15 is 0 Å². The Hall–Kier alpha value is -2.71. The highest BCUT2D eigenvalue weighted by Gasteiger charge is 2.18. The number of hydrogen-bond acceptors (Lipinski definition) is 5. The van der Waals surface area contributed by atoms with Gasteiger partial charge in [-0.25, -0.2) is 0 Å². The van der Waals surface area contributed by atoms with Crippen molar-refractivity contribution in [3.8, 4) is 11.4 Å². The molecule has 0 aliphatic heterocycles. The molecule has 148 valence electrons. The van der Waals surface area contributed by atoms with E-state index in [1.54, 1.807) is 6.26 Å². The van der Waals surface area contributed by atoms with E-state index in [2.05, 4.69) is 15.5 Å². The molecule has 0 saturated carbocycles. The zero-order valence-corrected chi connectivity index (χ0v) is 17.1. The fraction of sp³-hybridized carbons (Fsp3) is 0.350. The van der Waals surface area contributed by atoms with Crippen molar-refractivity contribution in [3.05, 3.63) is 58.8 Å². The Morgan fingerprint density at radius 3 is 2.86 bits per heavy atom. The van der Waals surface area contributed by atoms with Crippen LogP contribution in [0.25, 0.3) is 11.4 Å². The molecule has 0 fully saturated rings. The first-order valence-electron chi connectivity index (χ1n) is 9.14. The summed E-state index contributed by atoms with van der Waals surface area (Å²) in [5, 5.41) is 10.1. The molecule has 0 radical (unpaired) electrons. The third kappa shape index (κ3) is 4.76. The van der Waals surface area contributed by atoms with Crippen molar-refractivity contribution in [1.29, 1.82) is 0 Å². The predicted octanol–water partition coefficient (Wildman–Crippen LogP) is 3.32. The van der Waals surface area contributed by atoms with Gasteiger partial charge in [0.1, 0.15) is 5.76 Å². The van der Waals surface area contributed by atoms with Gasteiger partial charge in [0.05, 0.1) is 12.3 Å². The minimum absolute atomic E-state index is 0.0158. The van der Waals surface area contributed by atoms with Gasteiger partial charge in [-0.15, -0.1) is 0 Å². The summed E-state index contributed by atoms with van der Waals surface area (Å²) < 4.78 is 7.84. The summed E-state index contributed by atoms with van der Waals surface area (Å²) in [5.74, 6) is 1.52. The molecule has 0 bridgehead atoms. The van der Waals surface area contributed by atoms with Gasteiger partial charge in [0.25, 0.3) is 0 Å². The number of rotatable bonds is 8. The fourth-order valence-electron chi connectivity index (χ4n) is 3.06. The summed E-state index contributed by atoms with van der Waals surface area (Å²) in [7, 11) is 3.91. The number of aromatic amines is 1. The molecule has 28 heavy (non-hydrogen) atoms. The van der Waals surface area contributed by atoms with E-state index in [4.69, 9.17) is 16.6 Å². The molecule has 1 unspecified atom stereocenters. The van der Waals surface area contributed by atoms with Crippen LogP contribution in [0.5, 0.6) is 0 Å². The largest absolute Gasteiger partial charge is 0.468 e. The number of carbonyl (C=O) groups is 1. The molecule has 0 aliphatic rings. The van der Waals surface area contributed by atoms with Crippen molar-refractivity contribution in [2.24, 2.45) is 0 Å². The van der Waals surface area contributed by atoms with Gasteiger partial charge >= 0.3 is 0 Å². The number of likely N-dealkylation sites (N-methyl/N-ethyl adjacent to an activating group) is 1. The molecule has 0 spiro atoms. The van der Waals surface area contributed by atoms with Crippen molar-refractivity contribution in [2.45, 2.75) is 25.9 Å². The number of nitrogens with one attached hydrogen (secondary N) is 2. The average Bonchev–Trinajstić information content (AvgIpc) is 3.30. The Labute approximate surface area is 169 Å². The van der Waals surface area contributed by atoms with Crippen LogP contribution in [0.4, 0.5) is 0 Å². The number of furan rings is 1. The Bertz CT molecular complexity index is 975. The molecule has 1 atom stereocenters. The van der Waals surface area contributed by atoms with Crippen molar-refractivity contribution in [2.75, 3.05) is 20.6 Å². The number of aromatic nitrogens is 3. The van der Waals surface area contributed by atoms with E-state index in [1.807, 2.05) is 66.9 Å². The lowest BCUT2D eigenvalue weighted by Crippen LogP contribution is -2.34. The van der Waals surface area contributed by atoms with Crippen molar-refractivity contribution >= 4 is 18.1 Å². The van der Waals surface area contributed by atoms with Crippen LogP contribution >= 0.6 is 12.2 Å². The third-order valence-electron chi connectivity index (χ3n) is 4.58. The lowest BCUT2D eigenvalue weighted by atomic mass is 10.1. The van der Waals surface area contributed by atoms with Gasteiger partial charge in [-0.05, 0) is 51.4 Å². The van der Waals surface area contributed by atoms with Crippen LogP contribution in [-0.4, -0.2) is 46.2 Å². The van der Waals surface area contributed by atoms with Gasteiger partial charge in [0.2, 0.25) is 5.91 Å². The third-order valence-corrected chi connectivity index (χ3v) is 4.90. The Balaban J connectivity index is 1.62. The monoisotopic (exact) mass is 399 g/mol. The minimum atomic E-state index is -0.0447. The number of hydrogen-bond donors (Lipinski definition) is 2. The number of amides is 1. The van der Waals surface area contributed by atoms with Gasteiger partial charge in [-0.2, -0.15) is 5.10 Å². The Kier molecular flexibility index (Phi) is 6.43. The molecule has 8 heteroatoms. The summed E-state index contributed by atoms with van der Waals surface area (Å²) in [5.41, 5.74) is 2.11. The standard InChI is InChI=1S/C20H25N5O2S/c1-14-6-4-7-15(12-14)19-22-23-20(28)25(19)10-9-18(26)21-13-16(24(2)3)17-8-5-11-27-17/h4-8,11-12,16H,9-10,13H2,1-3H3,(H,21,26)(H,23,28). The van der Waals surface area contributed by atoms with E-state index in [0.29, 0.717) is 24.3 Å². The number of benzene rings is 1. The molecule has 3 aromatic rings. The summed E-state index contributed by atoms with van der Waals surface area (Å²) in [6.45, 7) is 2.96. The maximum atomic E-state index is 12.4. The second-order valence-corrected chi connectivity index (χ2v) is 7.31. The number of aryl methyl sites for hydroxylation is 1. The normalized spacial score (nSPS) is 12.3. The Morgan fingerprint density at radius 1 is 1.36 bits per heavy atom. The fourth-order valence-corrected chi connectivity index (χ4v) is 3.28.